The van der Waals surface area contributed by atoms with Gasteiger partial charge in [0, 0.05) is 0 Å². The molecule has 2 aliphatic heterocycles. The quantitative estimate of drug-likeness (QED) is 0.714. The summed E-state index contributed by atoms with van der Waals surface area (Å²) in [6.07, 6.45) is -2.47. The van der Waals surface area contributed by atoms with Crippen molar-refractivity contribution in [3.63, 3.8) is 0 Å². The number of benzene rings is 1. The van der Waals surface area contributed by atoms with Crippen molar-refractivity contribution in [2.75, 3.05) is 7.11 Å². The Balaban J connectivity index is 1.84. The zero-order chi connectivity index (χ0) is 18.9. The van der Waals surface area contributed by atoms with E-state index in [-0.39, 0.29) is 18.8 Å². The van der Waals surface area contributed by atoms with E-state index in [1.807, 2.05) is 30.3 Å². The van der Waals surface area contributed by atoms with Crippen molar-refractivity contribution in [1.29, 1.82) is 0 Å². The van der Waals surface area contributed by atoms with E-state index < -0.39 is 35.9 Å². The van der Waals surface area contributed by atoms with Crippen LogP contribution in [0.25, 0.3) is 0 Å². The van der Waals surface area contributed by atoms with Crippen molar-refractivity contribution in [2.24, 2.45) is 0 Å². The number of carbonyl (C=O) groups excluding carboxylic acids is 2. The van der Waals surface area contributed by atoms with Crippen LogP contribution in [0.3, 0.4) is 0 Å². The number of Topliss-reactive ketones (excluding diaryl/α,β-unsaturated/α-hetero) is 1. The largest absolute Gasteiger partial charge is 0.469 e. The number of ether oxygens (including phenoxy) is 5. The van der Waals surface area contributed by atoms with Crippen LogP contribution in [0.4, 0.5) is 0 Å². The number of fused-ring (bicyclic) bond motifs is 1. The summed E-state index contributed by atoms with van der Waals surface area (Å²) in [6.45, 7) is 5.16. The van der Waals surface area contributed by atoms with Gasteiger partial charge in [0.25, 0.3) is 0 Å². The molecule has 0 aliphatic carbocycles. The van der Waals surface area contributed by atoms with Gasteiger partial charge in [-0.3, -0.25) is 9.59 Å². The zero-order valence-corrected chi connectivity index (χ0v) is 15.4. The highest BCUT2D eigenvalue weighted by Gasteiger charge is 2.66. The fraction of sp³-hybridized carbons (Fsp3) is 0.579. The second-order valence-electron chi connectivity index (χ2n) is 7.00. The van der Waals surface area contributed by atoms with E-state index in [0.717, 1.165) is 5.56 Å². The summed E-state index contributed by atoms with van der Waals surface area (Å²) in [7, 11) is 1.27. The molecule has 142 valence electrons. The van der Waals surface area contributed by atoms with E-state index in [0.29, 0.717) is 0 Å². The fourth-order valence-corrected chi connectivity index (χ4v) is 3.41. The van der Waals surface area contributed by atoms with Gasteiger partial charge in [-0.25, -0.2) is 0 Å². The van der Waals surface area contributed by atoms with Gasteiger partial charge in [0.1, 0.15) is 12.2 Å². The van der Waals surface area contributed by atoms with Gasteiger partial charge in [-0.1, -0.05) is 30.3 Å². The lowest BCUT2D eigenvalue weighted by molar-refractivity contribution is -0.255. The average Bonchev–Trinajstić information content (AvgIpc) is 3.06. The maximum Gasteiger partial charge on any atom is 0.309 e. The third-order valence-corrected chi connectivity index (χ3v) is 4.67. The lowest BCUT2D eigenvalue weighted by Crippen LogP contribution is -2.50. The molecule has 0 amide bonds. The predicted octanol–water partition coefficient (Wildman–Crippen LogP) is 1.97. The number of ketones is 1. The predicted molar refractivity (Wildman–Crippen MR) is 90.0 cm³/mol. The molecule has 26 heavy (non-hydrogen) atoms. The van der Waals surface area contributed by atoms with Crippen molar-refractivity contribution in [2.45, 2.75) is 63.7 Å². The molecule has 2 saturated heterocycles. The Kier molecular flexibility index (Phi) is 5.16. The van der Waals surface area contributed by atoms with Crippen molar-refractivity contribution in [3.8, 4) is 0 Å². The molecule has 2 fully saturated rings. The van der Waals surface area contributed by atoms with Gasteiger partial charge in [0.2, 0.25) is 0 Å². The van der Waals surface area contributed by atoms with Gasteiger partial charge >= 0.3 is 5.97 Å². The Morgan fingerprint density at radius 2 is 1.81 bits per heavy atom. The highest BCUT2D eigenvalue weighted by atomic mass is 16.8. The average molecular weight is 364 g/mol. The molecule has 7 nitrogen and oxygen atoms in total. The smallest absolute Gasteiger partial charge is 0.309 e. The minimum absolute atomic E-state index is 0.259. The molecule has 2 heterocycles. The molecule has 2 aliphatic rings. The Hall–Kier alpha value is -1.80. The number of hydrogen-bond donors (Lipinski definition) is 0. The second kappa shape index (κ2) is 7.08. The third-order valence-electron chi connectivity index (χ3n) is 4.67. The van der Waals surface area contributed by atoms with E-state index in [4.69, 9.17) is 23.7 Å². The van der Waals surface area contributed by atoms with Crippen LogP contribution in [0.1, 0.15) is 32.8 Å². The number of rotatable bonds is 6. The van der Waals surface area contributed by atoms with E-state index in [9.17, 15) is 9.59 Å². The van der Waals surface area contributed by atoms with Crippen molar-refractivity contribution >= 4 is 11.8 Å². The summed E-state index contributed by atoms with van der Waals surface area (Å²) in [5.41, 5.74) is -0.536. The summed E-state index contributed by atoms with van der Waals surface area (Å²) < 4.78 is 28.4. The Morgan fingerprint density at radius 1 is 1.12 bits per heavy atom. The van der Waals surface area contributed by atoms with E-state index in [1.54, 1.807) is 13.8 Å². The van der Waals surface area contributed by atoms with Crippen LogP contribution in [0.5, 0.6) is 0 Å². The highest BCUT2D eigenvalue weighted by molar-refractivity contribution is 5.91. The first-order valence-corrected chi connectivity index (χ1v) is 8.54. The number of esters is 1. The minimum atomic E-state index is -1.49. The van der Waals surface area contributed by atoms with Gasteiger partial charge < -0.3 is 23.7 Å². The van der Waals surface area contributed by atoms with Gasteiger partial charge in [0.15, 0.2) is 23.5 Å². The van der Waals surface area contributed by atoms with Gasteiger partial charge in [-0.05, 0) is 26.3 Å². The van der Waals surface area contributed by atoms with Gasteiger partial charge in [-0.15, -0.1) is 0 Å². The molecule has 3 rings (SSSR count). The van der Waals surface area contributed by atoms with Crippen molar-refractivity contribution in [3.05, 3.63) is 35.9 Å². The van der Waals surface area contributed by atoms with E-state index in [2.05, 4.69) is 0 Å². The first-order chi connectivity index (χ1) is 12.3. The topological polar surface area (TPSA) is 80.3 Å². The van der Waals surface area contributed by atoms with Crippen LogP contribution >= 0.6 is 0 Å². The molecule has 1 aromatic rings. The second-order valence-corrected chi connectivity index (χ2v) is 7.00. The molecule has 0 spiro atoms. The lowest BCUT2D eigenvalue weighted by atomic mass is 9.88. The van der Waals surface area contributed by atoms with Crippen molar-refractivity contribution < 1.29 is 33.3 Å². The standard InChI is InChI=1S/C19H24O7/c1-12(20)19(10-14(21)22-4)16-15(24-18(2,3)25-16)17(26-19)23-11-13-8-6-5-7-9-13/h5-9,15-17H,10-11H2,1-4H3/t15-,16+,17-,19?/m1/s1. The van der Waals surface area contributed by atoms with Crippen LogP contribution < -0.4 is 0 Å². The van der Waals surface area contributed by atoms with Crippen LogP contribution in [0.2, 0.25) is 0 Å². The fourth-order valence-electron chi connectivity index (χ4n) is 3.41. The molecule has 0 saturated carbocycles. The van der Waals surface area contributed by atoms with Crippen LogP contribution in [-0.4, -0.2) is 48.7 Å². The van der Waals surface area contributed by atoms with Crippen molar-refractivity contribution in [1.82, 2.24) is 0 Å². The molecular weight excluding hydrogens is 340 g/mol. The molecule has 1 unspecified atom stereocenters. The summed E-state index contributed by atoms with van der Waals surface area (Å²) in [5, 5.41) is 0. The number of hydrogen-bond acceptors (Lipinski definition) is 7. The number of methoxy groups -OCH3 is 1. The number of carbonyl (C=O) groups is 2. The summed E-state index contributed by atoms with van der Waals surface area (Å²) in [5.74, 6) is -1.80. The molecule has 4 atom stereocenters. The Bertz CT molecular complexity index is 672. The Labute approximate surface area is 152 Å². The molecular formula is C19H24O7. The first-order valence-electron chi connectivity index (χ1n) is 8.54. The van der Waals surface area contributed by atoms with Gasteiger partial charge in [0.05, 0.1) is 20.1 Å². The SMILES string of the molecule is COC(=O)CC1(C(C)=O)O[C@@H](OCc2ccccc2)[C@@H]2OC(C)(C)O[C@@H]21. The zero-order valence-electron chi connectivity index (χ0n) is 15.4. The minimum Gasteiger partial charge on any atom is -0.469 e. The summed E-state index contributed by atoms with van der Waals surface area (Å²) >= 11 is 0. The molecule has 0 aromatic heterocycles. The third kappa shape index (κ3) is 3.53. The molecule has 0 bridgehead atoms. The van der Waals surface area contributed by atoms with Crippen LogP contribution in [0, 0.1) is 0 Å². The van der Waals surface area contributed by atoms with E-state index >= 15 is 0 Å². The van der Waals surface area contributed by atoms with Crippen LogP contribution in [-0.2, 0) is 39.9 Å². The maximum atomic E-state index is 12.5. The highest BCUT2D eigenvalue weighted by Crippen LogP contribution is 2.46. The monoisotopic (exact) mass is 364 g/mol. The van der Waals surface area contributed by atoms with Gasteiger partial charge in [-0.2, -0.15) is 0 Å². The molecule has 0 N–H and O–H groups in total. The normalized spacial score (nSPS) is 32.2. The van der Waals surface area contributed by atoms with E-state index in [1.165, 1.54) is 14.0 Å². The summed E-state index contributed by atoms with van der Waals surface area (Å²) in [4.78, 5) is 24.4. The molecule has 0 radical (unpaired) electrons. The molecule has 1 aromatic carbocycles. The Morgan fingerprint density at radius 3 is 2.42 bits per heavy atom. The maximum absolute atomic E-state index is 12.5. The lowest BCUT2D eigenvalue weighted by Gasteiger charge is -2.31. The summed E-state index contributed by atoms with van der Waals surface area (Å²) in [6, 6.07) is 9.59. The van der Waals surface area contributed by atoms with Crippen LogP contribution in [0.15, 0.2) is 30.3 Å². The molecule has 7 heteroatoms. The first kappa shape index (κ1) is 19.0.